The van der Waals surface area contributed by atoms with E-state index in [4.69, 9.17) is 10.1 Å². The van der Waals surface area contributed by atoms with Crippen LogP contribution in [0.15, 0.2) is 42.5 Å². The van der Waals surface area contributed by atoms with Gasteiger partial charge < -0.3 is 4.74 Å². The fraction of sp³-hybridized carbons (Fsp3) is 0.500. The summed E-state index contributed by atoms with van der Waals surface area (Å²) in [6.07, 6.45) is 15.1. The van der Waals surface area contributed by atoms with Gasteiger partial charge in [-0.1, -0.05) is 82.1 Å². The number of fused-ring (bicyclic) bond motifs is 2. The summed E-state index contributed by atoms with van der Waals surface area (Å²) in [5.74, 6) is 2.41. The van der Waals surface area contributed by atoms with E-state index >= 15 is 0 Å². The first kappa shape index (κ1) is 17.5. The average Bonchev–Trinajstić information content (AvgIpc) is 2.66. The van der Waals surface area contributed by atoms with Gasteiger partial charge in [0.1, 0.15) is 11.4 Å². The highest BCUT2D eigenvalue weighted by atomic mass is 16.5. The maximum atomic E-state index is 6.15. The quantitative estimate of drug-likeness (QED) is 0.441. The van der Waals surface area contributed by atoms with Gasteiger partial charge in [0, 0.05) is 0 Å². The highest BCUT2D eigenvalue weighted by Crippen LogP contribution is 2.47. The summed E-state index contributed by atoms with van der Waals surface area (Å²) in [6.45, 7) is 0. The van der Waals surface area contributed by atoms with Gasteiger partial charge in [-0.2, -0.15) is 0 Å². The lowest BCUT2D eigenvalue weighted by Gasteiger charge is -2.26. The van der Waals surface area contributed by atoms with Crippen molar-refractivity contribution in [3.8, 4) is 11.5 Å². The minimum Gasteiger partial charge on any atom is -0.453 e. The Hall–Kier alpha value is -1.96. The highest BCUT2D eigenvalue weighted by molar-refractivity contribution is 5.70. The summed E-state index contributed by atoms with van der Waals surface area (Å²) in [5.41, 5.74) is 3.43. The minimum absolute atomic E-state index is 0.613. The van der Waals surface area contributed by atoms with E-state index in [-0.39, 0.29) is 0 Å². The molecule has 0 amide bonds. The molecule has 26 heavy (non-hydrogen) atoms. The van der Waals surface area contributed by atoms with Crippen molar-refractivity contribution >= 4 is 11.4 Å². The van der Waals surface area contributed by atoms with E-state index in [1.165, 1.54) is 76.2 Å². The predicted molar refractivity (Wildman–Crippen MR) is 108 cm³/mol. The molecule has 1 aliphatic heterocycles. The zero-order valence-electron chi connectivity index (χ0n) is 15.8. The van der Waals surface area contributed by atoms with Crippen molar-refractivity contribution in [2.24, 2.45) is 0 Å². The van der Waals surface area contributed by atoms with Gasteiger partial charge in [0.05, 0.1) is 0 Å². The third kappa shape index (κ3) is 4.06. The number of ether oxygens (including phenoxy) is 1. The molecular formula is C24H30NO. The molecule has 2 heteroatoms. The molecule has 2 aromatic carbocycles. The number of nitrogens with zero attached hydrogens (tertiary/aromatic N) is 1. The molecule has 1 heterocycles. The van der Waals surface area contributed by atoms with Crippen LogP contribution in [0.1, 0.15) is 82.1 Å². The number of rotatable bonds is 1. The summed E-state index contributed by atoms with van der Waals surface area (Å²) >= 11 is 0. The predicted octanol–water partition coefficient (Wildman–Crippen LogP) is 7.75. The first-order valence-corrected chi connectivity index (χ1v) is 10.5. The van der Waals surface area contributed by atoms with Crippen molar-refractivity contribution in [2.45, 2.75) is 76.5 Å². The van der Waals surface area contributed by atoms with Crippen molar-refractivity contribution < 1.29 is 4.74 Å². The van der Waals surface area contributed by atoms with Gasteiger partial charge in [-0.05, 0) is 42.5 Å². The second-order valence-electron chi connectivity index (χ2n) is 7.83. The topological polar surface area (TPSA) is 23.3 Å². The summed E-state index contributed by atoms with van der Waals surface area (Å²) in [5, 5.41) is 4.99. The molecule has 0 aromatic heterocycles. The molecule has 2 nitrogen and oxygen atoms in total. The number of hydrogen-bond acceptors (Lipinski definition) is 1. The van der Waals surface area contributed by atoms with E-state index in [1.54, 1.807) is 0 Å². The summed E-state index contributed by atoms with van der Waals surface area (Å²) in [4.78, 5) is 0. The summed E-state index contributed by atoms with van der Waals surface area (Å²) < 4.78 is 6.15. The normalized spacial score (nSPS) is 19.1. The van der Waals surface area contributed by atoms with Crippen molar-refractivity contribution in [1.29, 1.82) is 0 Å². The molecule has 1 saturated carbocycles. The fourth-order valence-electron chi connectivity index (χ4n) is 4.42. The Balaban J connectivity index is 1.56. The van der Waals surface area contributed by atoms with Crippen molar-refractivity contribution in [2.75, 3.05) is 0 Å². The van der Waals surface area contributed by atoms with Crippen molar-refractivity contribution in [3.63, 3.8) is 0 Å². The Morgan fingerprint density at radius 1 is 0.654 bits per heavy atom. The maximum absolute atomic E-state index is 6.15. The molecule has 4 rings (SSSR count). The highest BCUT2D eigenvalue weighted by Gasteiger charge is 2.24. The molecule has 2 aliphatic rings. The van der Waals surface area contributed by atoms with E-state index in [0.717, 1.165) is 22.9 Å². The molecule has 0 atom stereocenters. The average molecular weight is 349 g/mol. The molecule has 0 saturated heterocycles. The first-order chi connectivity index (χ1) is 12.9. The molecule has 1 fully saturated rings. The van der Waals surface area contributed by atoms with Gasteiger partial charge in [-0.25, -0.2) is 5.32 Å². The van der Waals surface area contributed by atoms with Gasteiger partial charge in [-0.3, -0.25) is 0 Å². The molecule has 137 valence electrons. The summed E-state index contributed by atoms with van der Waals surface area (Å²) in [6, 6.07) is 14.6. The Morgan fingerprint density at radius 2 is 1.27 bits per heavy atom. The van der Waals surface area contributed by atoms with Crippen LogP contribution in [-0.4, -0.2) is 0 Å². The van der Waals surface area contributed by atoms with E-state index < -0.39 is 0 Å². The number of hydrogen-bond donors (Lipinski definition) is 0. The van der Waals surface area contributed by atoms with E-state index in [0.29, 0.717) is 5.92 Å². The Kier molecular flexibility index (Phi) is 5.78. The minimum atomic E-state index is 0.613. The smallest absolute Gasteiger partial charge is 0.153 e. The van der Waals surface area contributed by atoms with Gasteiger partial charge in [0.2, 0.25) is 0 Å². The standard InChI is InChI=1S/C24H30NO/c1-2-4-6-8-13-19(14-9-7-5-3-1)20-15-12-18-23-24(20)25-21-16-10-11-17-22(21)26-23/h10-12,15-19H,1-9,13-14H2. The van der Waals surface area contributed by atoms with E-state index in [1.807, 2.05) is 18.2 Å². The molecule has 2 aromatic rings. The van der Waals surface area contributed by atoms with Gasteiger partial charge in [-0.15, -0.1) is 0 Å². The van der Waals surface area contributed by atoms with Crippen LogP contribution in [-0.2, 0) is 0 Å². The molecule has 0 bridgehead atoms. The van der Waals surface area contributed by atoms with Crippen molar-refractivity contribution in [3.05, 3.63) is 48.0 Å². The van der Waals surface area contributed by atoms with Crippen LogP contribution < -0.4 is 10.1 Å². The van der Waals surface area contributed by atoms with Crippen molar-refractivity contribution in [1.82, 2.24) is 5.32 Å². The second kappa shape index (κ2) is 8.62. The largest absolute Gasteiger partial charge is 0.453 e. The molecule has 1 radical (unpaired) electrons. The zero-order chi connectivity index (χ0) is 17.6. The van der Waals surface area contributed by atoms with Crippen LogP contribution >= 0.6 is 0 Å². The zero-order valence-corrected chi connectivity index (χ0v) is 15.8. The van der Waals surface area contributed by atoms with E-state index in [9.17, 15) is 0 Å². The fourth-order valence-corrected chi connectivity index (χ4v) is 4.42. The van der Waals surface area contributed by atoms with Crippen LogP contribution in [0.4, 0.5) is 11.4 Å². The van der Waals surface area contributed by atoms with Gasteiger partial charge in [0.25, 0.3) is 0 Å². The maximum Gasteiger partial charge on any atom is 0.153 e. The second-order valence-corrected chi connectivity index (χ2v) is 7.83. The lowest BCUT2D eigenvalue weighted by Crippen LogP contribution is -2.08. The van der Waals surface area contributed by atoms with Crippen LogP contribution in [0.3, 0.4) is 0 Å². The molecule has 1 aliphatic carbocycles. The van der Waals surface area contributed by atoms with Gasteiger partial charge >= 0.3 is 0 Å². The van der Waals surface area contributed by atoms with Crippen LogP contribution in [0.2, 0.25) is 0 Å². The van der Waals surface area contributed by atoms with E-state index in [2.05, 4.69) is 24.3 Å². The lowest BCUT2D eigenvalue weighted by atomic mass is 9.86. The molecule has 0 spiro atoms. The first-order valence-electron chi connectivity index (χ1n) is 10.5. The third-order valence-electron chi connectivity index (χ3n) is 5.89. The molecule has 0 N–H and O–H groups in total. The van der Waals surface area contributed by atoms with Gasteiger partial charge in [0.15, 0.2) is 11.5 Å². The lowest BCUT2D eigenvalue weighted by molar-refractivity contribution is 0.455. The van der Waals surface area contributed by atoms with Crippen LogP contribution in [0.25, 0.3) is 0 Å². The summed E-state index contributed by atoms with van der Waals surface area (Å²) in [7, 11) is 0. The monoisotopic (exact) mass is 348 g/mol. The number of para-hydroxylation sites is 3. The SMILES string of the molecule is c1ccc2c(c1)[N]c1c(cccc1C1CCCCCCCCCCC1)O2. The van der Waals surface area contributed by atoms with Crippen LogP contribution in [0, 0.1) is 0 Å². The Morgan fingerprint density at radius 3 is 2.00 bits per heavy atom. The Labute approximate surface area is 158 Å². The molecule has 0 unspecified atom stereocenters. The number of benzene rings is 2. The molecular weight excluding hydrogens is 318 g/mol. The third-order valence-corrected chi connectivity index (χ3v) is 5.89. The Bertz CT molecular complexity index is 712. The van der Waals surface area contributed by atoms with Crippen LogP contribution in [0.5, 0.6) is 11.5 Å².